The van der Waals surface area contributed by atoms with E-state index in [0.717, 1.165) is 6.07 Å². The minimum absolute atomic E-state index is 0.00416. The fraction of sp³-hybridized carbons (Fsp3) is 0.571. The molecule has 0 fully saturated rings. The van der Waals surface area contributed by atoms with Crippen LogP contribution in [0.3, 0.4) is 0 Å². The zero-order valence-electron chi connectivity index (χ0n) is 12.1. The molecule has 0 radical (unpaired) electrons. The lowest BCUT2D eigenvalue weighted by Gasteiger charge is -2.23. The average molecular weight is 326 g/mol. The highest BCUT2D eigenvalue weighted by molar-refractivity contribution is 6.30. The van der Waals surface area contributed by atoms with E-state index < -0.39 is 23.4 Å². The predicted octanol–water partition coefficient (Wildman–Crippen LogP) is 3.95. The van der Waals surface area contributed by atoms with Gasteiger partial charge in [-0.25, -0.2) is 0 Å². The van der Waals surface area contributed by atoms with Crippen molar-refractivity contribution < 1.29 is 23.0 Å². The Balaban J connectivity index is 2.67. The fourth-order valence-corrected chi connectivity index (χ4v) is 1.71. The summed E-state index contributed by atoms with van der Waals surface area (Å²) in [4.78, 5) is 0. The van der Waals surface area contributed by atoms with Gasteiger partial charge >= 0.3 is 6.18 Å². The Kier molecular flexibility index (Phi) is 5.90. The molecule has 1 unspecified atom stereocenters. The van der Waals surface area contributed by atoms with E-state index in [1.165, 1.54) is 12.1 Å². The molecule has 0 aromatic heterocycles. The number of hydrogen-bond donors (Lipinski definition) is 2. The molecule has 21 heavy (non-hydrogen) atoms. The SMILES string of the molecule is CC(C)(C)OCC(O)CNc1ccc(Cl)cc1C(F)(F)F. The van der Waals surface area contributed by atoms with Crippen molar-refractivity contribution in [2.75, 3.05) is 18.5 Å². The number of rotatable bonds is 5. The molecule has 0 spiro atoms. The second-order valence-corrected chi connectivity index (χ2v) is 6.08. The van der Waals surface area contributed by atoms with Gasteiger partial charge in [-0.15, -0.1) is 0 Å². The van der Waals surface area contributed by atoms with Crippen LogP contribution < -0.4 is 5.32 Å². The van der Waals surface area contributed by atoms with Gasteiger partial charge in [0.1, 0.15) is 0 Å². The van der Waals surface area contributed by atoms with E-state index in [0.29, 0.717) is 0 Å². The summed E-state index contributed by atoms with van der Waals surface area (Å²) >= 11 is 5.59. The summed E-state index contributed by atoms with van der Waals surface area (Å²) < 4.78 is 44.0. The standard InChI is InChI=1S/C14H19ClF3NO2/c1-13(2,3)21-8-10(20)7-19-12-5-4-9(15)6-11(12)14(16,17)18/h4-6,10,19-20H,7-8H2,1-3H3. The first kappa shape index (κ1) is 18.1. The van der Waals surface area contributed by atoms with Crippen LogP contribution in [-0.4, -0.2) is 30.0 Å². The number of benzene rings is 1. The molecule has 0 saturated carbocycles. The predicted molar refractivity (Wildman–Crippen MR) is 76.7 cm³/mol. The highest BCUT2D eigenvalue weighted by Crippen LogP contribution is 2.36. The molecule has 1 aromatic carbocycles. The van der Waals surface area contributed by atoms with Crippen LogP contribution in [0.15, 0.2) is 18.2 Å². The van der Waals surface area contributed by atoms with Crippen molar-refractivity contribution in [3.05, 3.63) is 28.8 Å². The van der Waals surface area contributed by atoms with Crippen molar-refractivity contribution >= 4 is 17.3 Å². The van der Waals surface area contributed by atoms with E-state index in [9.17, 15) is 18.3 Å². The summed E-state index contributed by atoms with van der Waals surface area (Å²) in [5, 5.41) is 12.3. The summed E-state index contributed by atoms with van der Waals surface area (Å²) in [6, 6.07) is 3.45. The molecule has 2 N–H and O–H groups in total. The Labute approximate surface area is 127 Å². The summed E-state index contributed by atoms with van der Waals surface area (Å²) in [6.45, 7) is 5.46. The molecule has 0 saturated heterocycles. The third-order valence-corrected chi connectivity index (χ3v) is 2.76. The maximum Gasteiger partial charge on any atom is 0.418 e. The van der Waals surface area contributed by atoms with Crippen molar-refractivity contribution in [1.82, 2.24) is 0 Å². The number of anilines is 1. The van der Waals surface area contributed by atoms with Crippen LogP contribution in [0, 0.1) is 0 Å². The number of hydrogen-bond acceptors (Lipinski definition) is 3. The van der Waals surface area contributed by atoms with Gasteiger partial charge in [0.2, 0.25) is 0 Å². The lowest BCUT2D eigenvalue weighted by molar-refractivity contribution is -0.137. The molecule has 1 atom stereocenters. The molecule has 0 bridgehead atoms. The fourth-order valence-electron chi connectivity index (χ4n) is 1.54. The molecular weight excluding hydrogens is 307 g/mol. The van der Waals surface area contributed by atoms with E-state index in [4.69, 9.17) is 16.3 Å². The van der Waals surface area contributed by atoms with Crippen LogP contribution in [0.2, 0.25) is 5.02 Å². The van der Waals surface area contributed by atoms with Crippen molar-refractivity contribution in [1.29, 1.82) is 0 Å². The minimum Gasteiger partial charge on any atom is -0.389 e. The first-order valence-corrected chi connectivity index (χ1v) is 6.79. The van der Waals surface area contributed by atoms with Crippen LogP contribution >= 0.6 is 11.6 Å². The average Bonchev–Trinajstić information content (AvgIpc) is 2.32. The molecule has 1 aromatic rings. The Bertz CT molecular complexity index is 472. The Morgan fingerprint density at radius 2 is 1.90 bits per heavy atom. The highest BCUT2D eigenvalue weighted by atomic mass is 35.5. The third kappa shape index (κ3) is 6.54. The topological polar surface area (TPSA) is 41.5 Å². The van der Waals surface area contributed by atoms with Gasteiger partial charge in [0.15, 0.2) is 0 Å². The number of aliphatic hydroxyl groups excluding tert-OH is 1. The maximum absolute atomic E-state index is 12.9. The van der Waals surface area contributed by atoms with E-state index in [1.54, 1.807) is 0 Å². The second-order valence-electron chi connectivity index (χ2n) is 5.65. The minimum atomic E-state index is -4.51. The lowest BCUT2D eigenvalue weighted by atomic mass is 10.1. The molecule has 0 aliphatic rings. The van der Waals surface area contributed by atoms with Gasteiger partial charge in [0.05, 0.1) is 23.9 Å². The Morgan fingerprint density at radius 3 is 2.43 bits per heavy atom. The molecule has 0 aliphatic carbocycles. The third-order valence-electron chi connectivity index (χ3n) is 2.52. The van der Waals surface area contributed by atoms with E-state index in [1.807, 2.05) is 20.8 Å². The van der Waals surface area contributed by atoms with Crippen molar-refractivity contribution in [2.45, 2.75) is 38.7 Å². The smallest absolute Gasteiger partial charge is 0.389 e. The van der Waals surface area contributed by atoms with Crippen LogP contribution in [0.1, 0.15) is 26.3 Å². The van der Waals surface area contributed by atoms with Gasteiger partial charge in [-0.2, -0.15) is 13.2 Å². The summed E-state index contributed by atoms with van der Waals surface area (Å²) in [7, 11) is 0. The second kappa shape index (κ2) is 6.85. The van der Waals surface area contributed by atoms with Crippen molar-refractivity contribution in [2.24, 2.45) is 0 Å². The molecule has 3 nitrogen and oxygen atoms in total. The first-order chi connectivity index (χ1) is 9.49. The number of alkyl halides is 3. The molecule has 1 rings (SSSR count). The normalized spacial score (nSPS) is 14.1. The van der Waals surface area contributed by atoms with Gasteiger partial charge in [0, 0.05) is 17.3 Å². The molecule has 7 heteroatoms. The monoisotopic (exact) mass is 325 g/mol. The highest BCUT2D eigenvalue weighted by Gasteiger charge is 2.33. The maximum atomic E-state index is 12.9. The molecular formula is C14H19ClF3NO2. The van der Waals surface area contributed by atoms with Crippen LogP contribution in [0.25, 0.3) is 0 Å². The van der Waals surface area contributed by atoms with Gasteiger partial charge < -0.3 is 15.2 Å². The molecule has 0 aliphatic heterocycles. The zero-order chi connectivity index (χ0) is 16.3. The summed E-state index contributed by atoms with van der Waals surface area (Å²) in [6.07, 6.45) is -5.43. The van der Waals surface area contributed by atoms with Crippen molar-refractivity contribution in [3.8, 4) is 0 Å². The first-order valence-electron chi connectivity index (χ1n) is 6.42. The van der Waals surface area contributed by atoms with Gasteiger partial charge in [-0.3, -0.25) is 0 Å². The number of nitrogens with one attached hydrogen (secondary N) is 1. The van der Waals surface area contributed by atoms with E-state index >= 15 is 0 Å². The van der Waals surface area contributed by atoms with Crippen LogP contribution in [-0.2, 0) is 10.9 Å². The van der Waals surface area contributed by atoms with E-state index in [-0.39, 0.29) is 23.9 Å². The number of aliphatic hydroxyl groups is 1. The molecule has 0 amide bonds. The zero-order valence-corrected chi connectivity index (χ0v) is 12.8. The Hall–Kier alpha value is -0.980. The van der Waals surface area contributed by atoms with Gasteiger partial charge in [-0.1, -0.05) is 11.6 Å². The van der Waals surface area contributed by atoms with E-state index in [2.05, 4.69) is 5.32 Å². The summed E-state index contributed by atoms with van der Waals surface area (Å²) in [5.41, 5.74) is -1.40. The summed E-state index contributed by atoms with van der Waals surface area (Å²) in [5.74, 6) is 0. The number of ether oxygens (including phenoxy) is 1. The largest absolute Gasteiger partial charge is 0.418 e. The quantitative estimate of drug-likeness (QED) is 0.861. The number of halogens is 4. The van der Waals surface area contributed by atoms with Crippen LogP contribution in [0.5, 0.6) is 0 Å². The van der Waals surface area contributed by atoms with Crippen LogP contribution in [0.4, 0.5) is 18.9 Å². The lowest BCUT2D eigenvalue weighted by Crippen LogP contribution is -2.30. The van der Waals surface area contributed by atoms with Gasteiger partial charge in [0.25, 0.3) is 0 Å². The molecule has 120 valence electrons. The van der Waals surface area contributed by atoms with Crippen molar-refractivity contribution in [3.63, 3.8) is 0 Å². The van der Waals surface area contributed by atoms with Gasteiger partial charge in [-0.05, 0) is 39.0 Å². The molecule has 0 heterocycles. The Morgan fingerprint density at radius 1 is 1.29 bits per heavy atom.